The number of aromatic nitrogens is 2. The maximum absolute atomic E-state index is 14.0. The van der Waals surface area contributed by atoms with Gasteiger partial charge in [0.15, 0.2) is 0 Å². The van der Waals surface area contributed by atoms with Crippen molar-refractivity contribution in [3.05, 3.63) is 136 Å². The Morgan fingerprint density at radius 3 is 1.94 bits per heavy atom. The summed E-state index contributed by atoms with van der Waals surface area (Å²) < 4.78 is 15.3. The topological polar surface area (TPSA) is 38.1 Å². The third kappa shape index (κ3) is 4.91. The summed E-state index contributed by atoms with van der Waals surface area (Å²) in [6.07, 6.45) is 1.44. The maximum Gasteiger partial charge on any atom is 0.261 e. The molecule has 0 bridgehead atoms. The van der Waals surface area contributed by atoms with Crippen LogP contribution in [0.15, 0.2) is 108 Å². The van der Waals surface area contributed by atoms with E-state index in [1.165, 1.54) is 23.3 Å². The first-order valence-corrected chi connectivity index (χ1v) is 12.1. The summed E-state index contributed by atoms with van der Waals surface area (Å²) in [5.74, 6) is 0.417. The van der Waals surface area contributed by atoms with E-state index in [1.807, 2.05) is 78.0 Å². The van der Waals surface area contributed by atoms with E-state index in [9.17, 15) is 9.18 Å². The van der Waals surface area contributed by atoms with E-state index in [1.54, 1.807) is 12.1 Å². The lowest BCUT2D eigenvalue weighted by Crippen LogP contribution is -2.30. The van der Waals surface area contributed by atoms with Gasteiger partial charge in [-0.1, -0.05) is 60.7 Å². The molecule has 1 heterocycles. The molecule has 0 fully saturated rings. The van der Waals surface area contributed by atoms with Gasteiger partial charge in [0, 0.05) is 24.5 Å². The summed E-state index contributed by atoms with van der Waals surface area (Å²) in [4.78, 5) is 20.7. The number of anilines is 2. The number of hydrogen-bond donors (Lipinski definition) is 0. The largest absolute Gasteiger partial charge is 0.345 e. The highest BCUT2D eigenvalue weighted by atomic mass is 19.1. The fourth-order valence-electron chi connectivity index (χ4n) is 4.78. The fourth-order valence-corrected chi connectivity index (χ4v) is 4.78. The highest BCUT2D eigenvalue weighted by Gasteiger charge is 2.20. The lowest BCUT2D eigenvalue weighted by molar-refractivity contribution is 0.466. The van der Waals surface area contributed by atoms with E-state index < -0.39 is 0 Å². The third-order valence-corrected chi connectivity index (χ3v) is 6.65. The third-order valence-electron chi connectivity index (χ3n) is 6.65. The van der Waals surface area contributed by atoms with Crippen molar-refractivity contribution in [3.63, 3.8) is 0 Å². The van der Waals surface area contributed by atoms with Crippen molar-refractivity contribution in [2.45, 2.75) is 25.8 Å². The van der Waals surface area contributed by atoms with E-state index >= 15 is 0 Å². The molecule has 5 rings (SSSR count). The van der Waals surface area contributed by atoms with Crippen molar-refractivity contribution < 1.29 is 4.39 Å². The number of fused-ring (bicyclic) bond motifs is 1. The van der Waals surface area contributed by atoms with Gasteiger partial charge in [-0.2, -0.15) is 0 Å². The molecule has 0 N–H and O–H groups in total. The quantitative estimate of drug-likeness (QED) is 0.264. The Morgan fingerprint density at radius 2 is 1.36 bits per heavy atom. The van der Waals surface area contributed by atoms with Crippen LogP contribution < -0.4 is 10.5 Å². The van der Waals surface area contributed by atoms with Crippen LogP contribution in [0.1, 0.15) is 23.0 Å². The predicted molar refractivity (Wildman–Crippen MR) is 145 cm³/mol. The molecule has 36 heavy (non-hydrogen) atoms. The van der Waals surface area contributed by atoms with Gasteiger partial charge < -0.3 is 4.90 Å². The second-order valence-electron chi connectivity index (χ2n) is 9.10. The van der Waals surface area contributed by atoms with Crippen molar-refractivity contribution in [1.29, 1.82) is 0 Å². The number of halogens is 1. The molecule has 0 amide bonds. The number of hydrogen-bond acceptors (Lipinski definition) is 3. The molecule has 5 heteroatoms. The summed E-state index contributed by atoms with van der Waals surface area (Å²) in [6.45, 7) is 1.91. The average Bonchev–Trinajstić information content (AvgIpc) is 2.90. The molecule has 0 radical (unpaired) electrons. The minimum atomic E-state index is -0.281. The molecular formula is C31H28FN3O. The zero-order valence-electron chi connectivity index (χ0n) is 20.4. The van der Waals surface area contributed by atoms with Gasteiger partial charge in [-0.05, 0) is 73.4 Å². The number of aryl methyl sites for hydroxylation is 1. The molecule has 4 aromatic carbocycles. The van der Waals surface area contributed by atoms with Crippen LogP contribution in [-0.4, -0.2) is 16.6 Å². The van der Waals surface area contributed by atoms with E-state index in [4.69, 9.17) is 4.98 Å². The van der Waals surface area contributed by atoms with Crippen molar-refractivity contribution in [1.82, 2.24) is 9.55 Å². The van der Waals surface area contributed by atoms with E-state index in [0.29, 0.717) is 16.7 Å². The van der Waals surface area contributed by atoms with E-state index in [-0.39, 0.29) is 17.4 Å². The first-order valence-electron chi connectivity index (χ1n) is 12.1. The second kappa shape index (κ2) is 10.2. The van der Waals surface area contributed by atoms with Gasteiger partial charge in [0.25, 0.3) is 5.56 Å². The van der Waals surface area contributed by atoms with Gasteiger partial charge >= 0.3 is 0 Å². The molecule has 0 atom stereocenters. The van der Waals surface area contributed by atoms with Crippen LogP contribution in [0.4, 0.5) is 15.8 Å². The lowest BCUT2D eigenvalue weighted by atomic mass is 9.98. The van der Waals surface area contributed by atoms with Crippen molar-refractivity contribution >= 4 is 22.3 Å². The standard InChI is InChI=1S/C31H28FN3O/c1-22-33-30-18-17-27(34(2)26-15-13-25(32)14-16-26)21-29(30)31(36)35(22)28(19-23-9-5-3-6-10-23)20-24-11-7-4-8-12-24/h3-18,21,28H,19-20H2,1-2H3. The SMILES string of the molecule is Cc1nc2ccc(N(C)c3ccc(F)cc3)cc2c(=O)n1C(Cc1ccccc1)Cc1ccccc1. The Bertz CT molecular complexity index is 1490. The molecule has 4 nitrogen and oxygen atoms in total. The molecule has 0 spiro atoms. The van der Waals surface area contributed by atoms with E-state index in [2.05, 4.69) is 24.3 Å². The molecule has 0 aliphatic heterocycles. The molecule has 180 valence electrons. The molecule has 0 unspecified atom stereocenters. The van der Waals surface area contributed by atoms with Crippen LogP contribution in [0.25, 0.3) is 10.9 Å². The molecule has 0 saturated carbocycles. The predicted octanol–water partition coefficient (Wildman–Crippen LogP) is 6.64. The molecule has 0 saturated heterocycles. The fraction of sp³-hybridized carbons (Fsp3) is 0.161. The van der Waals surface area contributed by atoms with Gasteiger partial charge in [0.05, 0.1) is 10.9 Å². The van der Waals surface area contributed by atoms with Gasteiger partial charge in [-0.25, -0.2) is 9.37 Å². The highest BCUT2D eigenvalue weighted by molar-refractivity contribution is 5.83. The molecule has 0 aliphatic rings. The summed E-state index contributed by atoms with van der Waals surface area (Å²) in [6, 6.07) is 32.4. The first-order chi connectivity index (χ1) is 17.5. The Labute approximate surface area is 210 Å². The molecule has 5 aromatic rings. The Hall–Kier alpha value is -4.25. The Balaban J connectivity index is 1.59. The smallest absolute Gasteiger partial charge is 0.261 e. The minimum absolute atomic E-state index is 0.0521. The number of rotatable bonds is 7. The van der Waals surface area contributed by atoms with Crippen LogP contribution in [0, 0.1) is 12.7 Å². The highest BCUT2D eigenvalue weighted by Crippen LogP contribution is 2.27. The molecule has 1 aromatic heterocycles. The van der Waals surface area contributed by atoms with Gasteiger partial charge in [0.2, 0.25) is 0 Å². The van der Waals surface area contributed by atoms with Gasteiger partial charge in [0.1, 0.15) is 11.6 Å². The van der Waals surface area contributed by atoms with Gasteiger partial charge in [-0.15, -0.1) is 0 Å². The van der Waals surface area contributed by atoms with Crippen LogP contribution in [0.2, 0.25) is 0 Å². The second-order valence-corrected chi connectivity index (χ2v) is 9.10. The van der Waals surface area contributed by atoms with Crippen LogP contribution in [0.3, 0.4) is 0 Å². The number of benzene rings is 4. The molecular weight excluding hydrogens is 449 g/mol. The molecule has 0 aliphatic carbocycles. The summed E-state index contributed by atoms with van der Waals surface area (Å²) in [5, 5.41) is 0.568. The number of nitrogens with zero attached hydrogens (tertiary/aromatic N) is 3. The normalized spacial score (nSPS) is 11.2. The zero-order chi connectivity index (χ0) is 25.1. The monoisotopic (exact) mass is 477 g/mol. The van der Waals surface area contributed by atoms with Crippen LogP contribution in [0.5, 0.6) is 0 Å². The zero-order valence-corrected chi connectivity index (χ0v) is 20.4. The Kier molecular flexibility index (Phi) is 6.63. The summed E-state index contributed by atoms with van der Waals surface area (Å²) in [7, 11) is 1.90. The Morgan fingerprint density at radius 1 is 0.806 bits per heavy atom. The summed E-state index contributed by atoms with van der Waals surface area (Å²) >= 11 is 0. The van der Waals surface area contributed by atoms with Crippen LogP contribution >= 0.6 is 0 Å². The maximum atomic E-state index is 14.0. The van der Waals surface area contributed by atoms with Crippen molar-refractivity contribution in [2.75, 3.05) is 11.9 Å². The average molecular weight is 478 g/mol. The van der Waals surface area contributed by atoms with E-state index in [0.717, 1.165) is 24.2 Å². The summed E-state index contributed by atoms with van der Waals surface area (Å²) in [5.41, 5.74) is 4.64. The minimum Gasteiger partial charge on any atom is -0.345 e. The lowest BCUT2D eigenvalue weighted by Gasteiger charge is -2.24. The van der Waals surface area contributed by atoms with Crippen LogP contribution in [-0.2, 0) is 12.8 Å². The van der Waals surface area contributed by atoms with Crippen molar-refractivity contribution in [3.8, 4) is 0 Å². The van der Waals surface area contributed by atoms with Crippen molar-refractivity contribution in [2.24, 2.45) is 0 Å². The first kappa shape index (κ1) is 23.5. The van der Waals surface area contributed by atoms with Gasteiger partial charge in [-0.3, -0.25) is 9.36 Å².